The van der Waals surface area contributed by atoms with E-state index in [1.165, 1.54) is 12.1 Å². The van der Waals surface area contributed by atoms with E-state index in [-0.39, 0.29) is 24.7 Å². The van der Waals surface area contributed by atoms with Gasteiger partial charge in [0.05, 0.1) is 6.54 Å². The molecule has 1 N–H and O–H groups in total. The number of nitrogens with one attached hydrogen (secondary N) is 1. The number of hydrogen-bond donors (Lipinski definition) is 1. The Bertz CT molecular complexity index is 1240. The van der Waals surface area contributed by atoms with Crippen molar-refractivity contribution in [2.45, 2.75) is 25.2 Å². The summed E-state index contributed by atoms with van der Waals surface area (Å²) >= 11 is 0. The molecule has 184 valence electrons. The number of aromatic amines is 1. The van der Waals surface area contributed by atoms with E-state index in [4.69, 9.17) is 0 Å². The van der Waals surface area contributed by atoms with Gasteiger partial charge in [0.2, 0.25) is 0 Å². The molecular weight excluding hydrogens is 453 g/mol. The molecule has 6 nitrogen and oxygen atoms in total. The fraction of sp³-hybridized carbons (Fsp3) is 0.385. The van der Waals surface area contributed by atoms with E-state index < -0.39 is 5.92 Å². The first-order valence-corrected chi connectivity index (χ1v) is 11.9. The van der Waals surface area contributed by atoms with Gasteiger partial charge >= 0.3 is 0 Å². The maximum Gasteiger partial charge on any atom is 0.264 e. The Hall–Kier alpha value is -3.17. The average molecular weight is 483 g/mol. The van der Waals surface area contributed by atoms with Crippen LogP contribution in [0.4, 0.5) is 13.2 Å². The average Bonchev–Trinajstić information content (AvgIpc) is 3.51. The summed E-state index contributed by atoms with van der Waals surface area (Å²) in [6, 6.07) is 12.3. The summed E-state index contributed by atoms with van der Waals surface area (Å²) in [6.45, 7) is 5.40. The van der Waals surface area contributed by atoms with Gasteiger partial charge in [0.15, 0.2) is 0 Å². The van der Waals surface area contributed by atoms with E-state index in [9.17, 15) is 4.39 Å². The van der Waals surface area contributed by atoms with Crippen molar-refractivity contribution in [1.29, 1.82) is 0 Å². The Morgan fingerprint density at radius 2 is 1.66 bits per heavy atom. The number of halogens is 3. The molecule has 35 heavy (non-hydrogen) atoms. The van der Waals surface area contributed by atoms with Crippen LogP contribution in [0.15, 0.2) is 61.3 Å². The molecule has 0 saturated carbocycles. The molecule has 5 rings (SSSR count). The van der Waals surface area contributed by atoms with Crippen LogP contribution in [0.25, 0.3) is 16.6 Å². The first-order chi connectivity index (χ1) is 16.9. The molecule has 1 fully saturated rings. The largest absolute Gasteiger partial charge is 0.361 e. The number of alkyl halides is 2. The van der Waals surface area contributed by atoms with Crippen LogP contribution in [-0.2, 0) is 6.42 Å². The number of fused-ring (bicyclic) bond motifs is 1. The first kappa shape index (κ1) is 23.6. The van der Waals surface area contributed by atoms with E-state index in [2.05, 4.69) is 27.0 Å². The molecule has 0 spiro atoms. The highest BCUT2D eigenvalue weighted by atomic mass is 19.3. The lowest BCUT2D eigenvalue weighted by Gasteiger charge is -2.37. The minimum atomic E-state index is -2.84. The number of aromatic nitrogens is 4. The maximum absolute atomic E-state index is 15.1. The molecule has 3 heterocycles. The molecule has 2 aromatic heterocycles. The van der Waals surface area contributed by atoms with Gasteiger partial charge in [-0.25, -0.2) is 13.2 Å². The summed E-state index contributed by atoms with van der Waals surface area (Å²) in [5.74, 6) is -2.82. The highest BCUT2D eigenvalue weighted by molar-refractivity contribution is 5.85. The third kappa shape index (κ3) is 5.57. The second-order valence-electron chi connectivity index (χ2n) is 9.48. The van der Waals surface area contributed by atoms with Gasteiger partial charge in [-0.3, -0.25) is 9.47 Å². The summed E-state index contributed by atoms with van der Waals surface area (Å²) in [7, 11) is 0. The minimum absolute atomic E-state index is 0.237. The fourth-order valence-corrected chi connectivity index (χ4v) is 4.88. The van der Waals surface area contributed by atoms with E-state index in [1.54, 1.807) is 23.4 Å². The fourth-order valence-electron chi connectivity index (χ4n) is 4.88. The zero-order chi connectivity index (χ0) is 24.4. The summed E-state index contributed by atoms with van der Waals surface area (Å²) in [4.78, 5) is 7.27. The highest BCUT2D eigenvalue weighted by Gasteiger charge is 2.34. The first-order valence-electron chi connectivity index (χ1n) is 11.9. The standard InChI is InChI=1S/C26H29F3N6/c1-19(20-2-4-22(27)5-3-20)15-33-8-10-34(11-9-33)16-26(28,29)13-21-14-30-25-7-6-23(12-24(21)25)35-17-31-32-18-35/h2-7,12,14,17-19,30H,8-11,13,15-16H2,1H3. The monoisotopic (exact) mass is 482 g/mol. The molecule has 1 unspecified atom stereocenters. The van der Waals surface area contributed by atoms with Crippen LogP contribution in [0.2, 0.25) is 0 Å². The van der Waals surface area contributed by atoms with Gasteiger partial charge in [-0.15, -0.1) is 10.2 Å². The molecule has 1 saturated heterocycles. The second-order valence-corrected chi connectivity index (χ2v) is 9.48. The molecule has 0 radical (unpaired) electrons. The number of rotatable bonds is 8. The summed E-state index contributed by atoms with van der Waals surface area (Å²) in [5.41, 5.74) is 3.35. The van der Waals surface area contributed by atoms with Crippen LogP contribution in [0, 0.1) is 5.82 Å². The normalized spacial score (nSPS) is 16.7. The molecule has 1 aliphatic rings. The van der Waals surface area contributed by atoms with Crippen molar-refractivity contribution in [3.8, 4) is 5.69 Å². The van der Waals surface area contributed by atoms with Crippen molar-refractivity contribution in [3.63, 3.8) is 0 Å². The van der Waals surface area contributed by atoms with Crippen LogP contribution in [0.3, 0.4) is 0 Å². The number of H-pyrrole nitrogens is 1. The predicted octanol–water partition coefficient (Wildman–Crippen LogP) is 4.49. The molecule has 0 bridgehead atoms. The summed E-state index contributed by atoms with van der Waals surface area (Å²) < 4.78 is 45.1. The number of piperazine rings is 1. The third-order valence-corrected chi connectivity index (χ3v) is 6.81. The Morgan fingerprint density at radius 1 is 0.971 bits per heavy atom. The van der Waals surface area contributed by atoms with Gasteiger partial charge in [0.25, 0.3) is 5.92 Å². The number of hydrogen-bond acceptors (Lipinski definition) is 4. The zero-order valence-corrected chi connectivity index (χ0v) is 19.7. The molecule has 0 aliphatic carbocycles. The van der Waals surface area contributed by atoms with Crippen molar-refractivity contribution in [1.82, 2.24) is 29.5 Å². The van der Waals surface area contributed by atoms with E-state index >= 15 is 8.78 Å². The lowest BCUT2D eigenvalue weighted by Crippen LogP contribution is -2.50. The van der Waals surface area contributed by atoms with Crippen molar-refractivity contribution in [3.05, 3.63) is 78.3 Å². The van der Waals surface area contributed by atoms with Gasteiger partial charge < -0.3 is 9.88 Å². The Morgan fingerprint density at radius 3 is 2.37 bits per heavy atom. The van der Waals surface area contributed by atoms with Crippen molar-refractivity contribution >= 4 is 10.9 Å². The Labute approximate surface area is 202 Å². The van der Waals surface area contributed by atoms with Crippen LogP contribution in [0.5, 0.6) is 0 Å². The van der Waals surface area contributed by atoms with E-state index in [1.807, 2.05) is 35.2 Å². The van der Waals surface area contributed by atoms with E-state index in [0.29, 0.717) is 18.7 Å². The Kier molecular flexibility index (Phi) is 6.62. The van der Waals surface area contributed by atoms with Crippen LogP contribution < -0.4 is 0 Å². The van der Waals surface area contributed by atoms with Gasteiger partial charge in [0, 0.05) is 61.9 Å². The van der Waals surface area contributed by atoms with Gasteiger partial charge in [-0.05, 0) is 47.4 Å². The van der Waals surface area contributed by atoms with Gasteiger partial charge in [-0.2, -0.15) is 0 Å². The molecule has 1 atom stereocenters. The smallest absolute Gasteiger partial charge is 0.264 e. The molecular formula is C26H29F3N6. The Balaban J connectivity index is 1.17. The maximum atomic E-state index is 15.1. The van der Waals surface area contributed by atoms with Gasteiger partial charge in [-0.1, -0.05) is 19.1 Å². The second kappa shape index (κ2) is 9.83. The van der Waals surface area contributed by atoms with Gasteiger partial charge in [0.1, 0.15) is 18.5 Å². The predicted molar refractivity (Wildman–Crippen MR) is 130 cm³/mol. The molecule has 0 amide bonds. The SMILES string of the molecule is CC(CN1CCN(CC(F)(F)Cc2c[nH]c3ccc(-n4cnnc4)cc23)CC1)c1ccc(F)cc1. The third-order valence-electron chi connectivity index (χ3n) is 6.81. The van der Waals surface area contributed by atoms with Crippen LogP contribution in [-0.4, -0.2) is 74.7 Å². The molecule has 1 aliphatic heterocycles. The quantitative estimate of drug-likeness (QED) is 0.402. The molecule has 4 aromatic rings. The zero-order valence-electron chi connectivity index (χ0n) is 19.7. The van der Waals surface area contributed by atoms with Crippen molar-refractivity contribution < 1.29 is 13.2 Å². The minimum Gasteiger partial charge on any atom is -0.361 e. The van der Waals surface area contributed by atoms with E-state index in [0.717, 1.165) is 41.8 Å². The topological polar surface area (TPSA) is 53.0 Å². The molecule has 9 heteroatoms. The molecule has 2 aromatic carbocycles. The number of nitrogens with zero attached hydrogens (tertiary/aromatic N) is 5. The van der Waals surface area contributed by atoms with Crippen LogP contribution >= 0.6 is 0 Å². The summed E-state index contributed by atoms with van der Waals surface area (Å²) in [6.07, 6.45) is 4.54. The lowest BCUT2D eigenvalue weighted by molar-refractivity contribution is -0.0411. The van der Waals surface area contributed by atoms with Crippen molar-refractivity contribution in [2.24, 2.45) is 0 Å². The highest BCUT2D eigenvalue weighted by Crippen LogP contribution is 2.29. The summed E-state index contributed by atoms with van der Waals surface area (Å²) in [5, 5.41) is 8.42. The van der Waals surface area contributed by atoms with Crippen LogP contribution in [0.1, 0.15) is 24.0 Å². The lowest BCUT2D eigenvalue weighted by atomic mass is 10.0. The van der Waals surface area contributed by atoms with Crippen molar-refractivity contribution in [2.75, 3.05) is 39.3 Å². The number of benzene rings is 2.